The van der Waals surface area contributed by atoms with E-state index in [4.69, 9.17) is 0 Å². The molecule has 0 unspecified atom stereocenters. The molecule has 0 saturated carbocycles. The molecule has 0 atom stereocenters. The minimum absolute atomic E-state index is 0.0326. The van der Waals surface area contributed by atoms with Crippen LogP contribution in [0.2, 0.25) is 0 Å². The third-order valence-electron chi connectivity index (χ3n) is 2.85. The lowest BCUT2D eigenvalue weighted by Gasteiger charge is -1.85. The Morgan fingerprint density at radius 1 is 0.824 bits per heavy atom. The number of fused-ring (bicyclic) bond motifs is 2. The Morgan fingerprint density at radius 3 is 1.65 bits per heavy atom. The molecular weight excluding hydrogens is 226 g/mol. The van der Waals surface area contributed by atoms with Gasteiger partial charge in [0, 0.05) is 7.05 Å². The van der Waals surface area contributed by atoms with Crippen LogP contribution in [0, 0.1) is 0 Å². The average molecular weight is 231 g/mol. The second-order valence-corrected chi connectivity index (χ2v) is 3.79. The largest absolute Gasteiger partial charge is 0.386 e. The topological polar surface area (TPSA) is 86.3 Å². The lowest BCUT2D eigenvalue weighted by Crippen LogP contribution is -2.20. The number of aromatic nitrogens is 1. The molecule has 6 nitrogen and oxygen atoms in total. The van der Waals surface area contributed by atoms with Gasteiger partial charge >= 0.3 is 11.3 Å². The molecule has 0 spiro atoms. The number of nitrogens with zero attached hydrogens (tertiary/aromatic N) is 1. The van der Waals surface area contributed by atoms with Crippen molar-refractivity contribution in [3.05, 3.63) is 53.7 Å². The second kappa shape index (κ2) is 2.79. The van der Waals surface area contributed by atoms with Crippen molar-refractivity contribution in [3.8, 4) is 0 Å². The average Bonchev–Trinajstić information content (AvgIpc) is 2.70. The predicted octanol–water partition coefficient (Wildman–Crippen LogP) is -0.759. The summed E-state index contributed by atoms with van der Waals surface area (Å²) in [5.41, 5.74) is -2.55. The van der Waals surface area contributed by atoms with Crippen molar-refractivity contribution in [2.75, 3.05) is 0 Å². The molecular formula is C11H5NO5. The molecule has 0 aliphatic carbocycles. The van der Waals surface area contributed by atoms with Gasteiger partial charge in [0.15, 0.2) is 0 Å². The van der Waals surface area contributed by atoms with Gasteiger partial charge in [-0.1, -0.05) is 0 Å². The van der Waals surface area contributed by atoms with E-state index in [1.54, 1.807) is 0 Å². The summed E-state index contributed by atoms with van der Waals surface area (Å²) in [6.07, 6.45) is 0. The molecule has 6 heteroatoms. The summed E-state index contributed by atoms with van der Waals surface area (Å²) >= 11 is 0. The fourth-order valence-corrected chi connectivity index (χ4v) is 1.94. The van der Waals surface area contributed by atoms with Gasteiger partial charge in [0.1, 0.15) is 0 Å². The lowest BCUT2D eigenvalue weighted by molar-refractivity contribution is 0.500. The first-order chi connectivity index (χ1) is 8.00. The van der Waals surface area contributed by atoms with Crippen LogP contribution >= 0.6 is 0 Å². The fraction of sp³-hybridized carbons (Fsp3) is 0.0909. The lowest BCUT2D eigenvalue weighted by atomic mass is 10.1. The van der Waals surface area contributed by atoms with Crippen molar-refractivity contribution >= 4 is 21.5 Å². The Labute approximate surface area is 92.0 Å². The summed E-state index contributed by atoms with van der Waals surface area (Å²) in [5, 5.41) is 0.321. The van der Waals surface area contributed by atoms with Crippen molar-refractivity contribution in [1.82, 2.24) is 4.57 Å². The Hall–Kier alpha value is -2.50. The van der Waals surface area contributed by atoms with E-state index in [-0.39, 0.29) is 21.5 Å². The molecule has 2 heterocycles. The highest BCUT2D eigenvalue weighted by Gasteiger charge is 2.15. The van der Waals surface area contributed by atoms with Crippen molar-refractivity contribution in [1.29, 1.82) is 0 Å². The van der Waals surface area contributed by atoms with E-state index in [1.807, 2.05) is 0 Å². The number of furan rings is 1. The van der Waals surface area contributed by atoms with Crippen LogP contribution in [-0.2, 0) is 7.05 Å². The zero-order valence-electron chi connectivity index (χ0n) is 8.64. The second-order valence-electron chi connectivity index (χ2n) is 3.79. The van der Waals surface area contributed by atoms with Crippen LogP contribution in [0.4, 0.5) is 0 Å². The van der Waals surface area contributed by atoms with Gasteiger partial charge in [-0.2, -0.15) is 0 Å². The molecule has 84 valence electrons. The molecule has 0 radical (unpaired) electrons. The summed E-state index contributed by atoms with van der Waals surface area (Å²) in [6.45, 7) is 0. The van der Waals surface area contributed by atoms with E-state index in [9.17, 15) is 19.2 Å². The van der Waals surface area contributed by atoms with Gasteiger partial charge in [0.25, 0.3) is 11.1 Å². The maximum atomic E-state index is 11.7. The standard InChI is InChI=1S/C11H5NO5/c1-12-8(13)4-2-6-7(3-5(4)9(12)14)11(16)17-10(6)15/h2-3H,1H3. The SMILES string of the molecule is Cn1c(=O)c2cc3c(=O)oc(=O)c3cc2c1=O. The number of hydrogen-bond donors (Lipinski definition) is 0. The first-order valence-electron chi connectivity index (χ1n) is 4.77. The zero-order valence-corrected chi connectivity index (χ0v) is 8.64. The summed E-state index contributed by atoms with van der Waals surface area (Å²) in [6, 6.07) is 2.48. The van der Waals surface area contributed by atoms with E-state index in [1.165, 1.54) is 19.2 Å². The molecule has 2 aromatic heterocycles. The van der Waals surface area contributed by atoms with Gasteiger partial charge < -0.3 is 4.42 Å². The van der Waals surface area contributed by atoms with Crippen molar-refractivity contribution < 1.29 is 4.42 Å². The quantitative estimate of drug-likeness (QED) is 0.507. The van der Waals surface area contributed by atoms with Crippen molar-refractivity contribution in [2.45, 2.75) is 0 Å². The molecule has 0 saturated heterocycles. The van der Waals surface area contributed by atoms with Gasteiger partial charge in [-0.25, -0.2) is 9.59 Å². The predicted molar refractivity (Wildman–Crippen MR) is 60.1 cm³/mol. The molecule has 0 fully saturated rings. The molecule has 3 rings (SSSR count). The van der Waals surface area contributed by atoms with Crippen LogP contribution in [0.3, 0.4) is 0 Å². The van der Waals surface area contributed by atoms with Crippen LogP contribution in [0.25, 0.3) is 21.5 Å². The summed E-state index contributed by atoms with van der Waals surface area (Å²) in [7, 11) is 1.34. The van der Waals surface area contributed by atoms with E-state index < -0.39 is 22.4 Å². The highest BCUT2D eigenvalue weighted by atomic mass is 16.4. The molecule has 0 aliphatic rings. The van der Waals surface area contributed by atoms with Crippen molar-refractivity contribution in [3.63, 3.8) is 0 Å². The van der Waals surface area contributed by atoms with E-state index in [2.05, 4.69) is 4.42 Å². The van der Waals surface area contributed by atoms with Crippen LogP contribution in [0.1, 0.15) is 0 Å². The number of benzene rings is 1. The maximum absolute atomic E-state index is 11.7. The summed E-state index contributed by atoms with van der Waals surface area (Å²) in [5.74, 6) is 0. The van der Waals surface area contributed by atoms with E-state index >= 15 is 0 Å². The zero-order chi connectivity index (χ0) is 12.3. The molecule has 17 heavy (non-hydrogen) atoms. The highest BCUT2D eigenvalue weighted by molar-refractivity contribution is 5.97. The Morgan fingerprint density at radius 2 is 1.24 bits per heavy atom. The fourth-order valence-electron chi connectivity index (χ4n) is 1.94. The van der Waals surface area contributed by atoms with Gasteiger partial charge in [0.05, 0.1) is 21.5 Å². The Kier molecular flexibility index (Phi) is 1.59. The van der Waals surface area contributed by atoms with Gasteiger partial charge in [-0.3, -0.25) is 14.2 Å². The molecule has 0 bridgehead atoms. The summed E-state index contributed by atoms with van der Waals surface area (Å²) < 4.78 is 5.33. The van der Waals surface area contributed by atoms with Gasteiger partial charge in [-0.05, 0) is 12.1 Å². The smallest absolute Gasteiger partial charge is 0.346 e. The monoisotopic (exact) mass is 231 g/mol. The molecule has 0 aliphatic heterocycles. The summed E-state index contributed by atoms with van der Waals surface area (Å²) in [4.78, 5) is 45.9. The Bertz CT molecular complexity index is 890. The first-order valence-corrected chi connectivity index (χ1v) is 4.77. The van der Waals surface area contributed by atoms with Crippen molar-refractivity contribution in [2.24, 2.45) is 7.05 Å². The number of rotatable bonds is 0. The molecule has 0 N–H and O–H groups in total. The maximum Gasteiger partial charge on any atom is 0.346 e. The third-order valence-corrected chi connectivity index (χ3v) is 2.85. The first kappa shape index (κ1) is 9.71. The highest BCUT2D eigenvalue weighted by Crippen LogP contribution is 2.13. The van der Waals surface area contributed by atoms with Crippen LogP contribution in [0.5, 0.6) is 0 Å². The third kappa shape index (κ3) is 1.04. The van der Waals surface area contributed by atoms with E-state index in [0.29, 0.717) is 0 Å². The van der Waals surface area contributed by atoms with Crippen LogP contribution in [0.15, 0.2) is 35.7 Å². The number of hydrogen-bond acceptors (Lipinski definition) is 5. The van der Waals surface area contributed by atoms with Gasteiger partial charge in [0.2, 0.25) is 0 Å². The molecule has 0 amide bonds. The minimum Gasteiger partial charge on any atom is -0.386 e. The minimum atomic E-state index is -0.789. The van der Waals surface area contributed by atoms with E-state index in [0.717, 1.165) is 4.57 Å². The molecule has 3 aromatic rings. The van der Waals surface area contributed by atoms with Gasteiger partial charge in [-0.15, -0.1) is 0 Å². The Balaban J connectivity index is 2.79. The molecule has 1 aromatic carbocycles. The van der Waals surface area contributed by atoms with Crippen LogP contribution < -0.4 is 22.4 Å². The van der Waals surface area contributed by atoms with Crippen LogP contribution in [-0.4, -0.2) is 4.57 Å². The normalized spacial score (nSPS) is 11.6.